The van der Waals surface area contributed by atoms with Gasteiger partial charge in [0, 0.05) is 27.2 Å². The number of rotatable bonds is 5. The minimum atomic E-state index is 0.471. The van der Waals surface area contributed by atoms with Crippen molar-refractivity contribution in [3.63, 3.8) is 0 Å². The quantitative estimate of drug-likeness (QED) is 0.193. The number of furan rings is 1. The zero-order chi connectivity index (χ0) is 32.5. The highest BCUT2D eigenvalue weighted by molar-refractivity contribution is 6.26. The van der Waals surface area contributed by atoms with Crippen molar-refractivity contribution in [2.75, 3.05) is 0 Å². The molecule has 0 aliphatic heterocycles. The first-order valence-electron chi connectivity index (χ1n) is 16.4. The zero-order valence-electron chi connectivity index (χ0n) is 26.3. The van der Waals surface area contributed by atoms with E-state index in [1.54, 1.807) is 0 Å². The van der Waals surface area contributed by atoms with Crippen molar-refractivity contribution in [1.29, 1.82) is 0 Å². The molecule has 229 valence electrons. The molecule has 5 heteroatoms. The van der Waals surface area contributed by atoms with E-state index in [9.17, 15) is 5.02 Å². The van der Waals surface area contributed by atoms with Gasteiger partial charge < -0.3 is 18.7 Å². The molecule has 0 aliphatic rings. The van der Waals surface area contributed by atoms with E-state index in [1.807, 2.05) is 24.3 Å². The van der Waals surface area contributed by atoms with Crippen LogP contribution in [0.15, 0.2) is 162 Å². The van der Waals surface area contributed by atoms with Crippen molar-refractivity contribution in [2.24, 2.45) is 0 Å². The normalized spacial score (nSPS) is 11.8. The van der Waals surface area contributed by atoms with Crippen molar-refractivity contribution < 1.29 is 14.1 Å². The Bertz CT molecular complexity index is 2890. The SMILES string of the molecule is O[B]Oc1cc2ccccc2c2c1oc1ccc(-n3c4ccc(-c5ccccc5)cc4c4c5ccccc5c(-c5ccccc5)cc43)cc12. The van der Waals surface area contributed by atoms with Crippen LogP contribution in [0.1, 0.15) is 0 Å². The van der Waals surface area contributed by atoms with Gasteiger partial charge in [-0.1, -0.05) is 115 Å². The Morgan fingerprint density at radius 2 is 1.22 bits per heavy atom. The molecule has 49 heavy (non-hydrogen) atoms. The molecular formula is C44H27BNO3. The third-order valence-corrected chi connectivity index (χ3v) is 9.81. The van der Waals surface area contributed by atoms with Crippen molar-refractivity contribution >= 4 is 73.0 Å². The molecular weight excluding hydrogens is 601 g/mol. The van der Waals surface area contributed by atoms with Gasteiger partial charge in [-0.15, -0.1) is 0 Å². The molecule has 2 heterocycles. The maximum Gasteiger partial charge on any atom is 0.569 e. The molecule has 1 radical (unpaired) electrons. The summed E-state index contributed by atoms with van der Waals surface area (Å²) in [5, 5.41) is 18.4. The van der Waals surface area contributed by atoms with Crippen molar-refractivity contribution in [3.05, 3.63) is 158 Å². The highest BCUT2D eigenvalue weighted by atomic mass is 16.5. The van der Waals surface area contributed by atoms with Gasteiger partial charge in [-0.05, 0) is 86.3 Å². The summed E-state index contributed by atoms with van der Waals surface area (Å²) in [6.45, 7) is 0. The Balaban J connectivity index is 1.34. The number of benzene rings is 8. The third-order valence-electron chi connectivity index (χ3n) is 9.81. The number of hydrogen-bond donors (Lipinski definition) is 1. The topological polar surface area (TPSA) is 47.5 Å². The molecule has 0 amide bonds. The molecule has 0 fully saturated rings. The van der Waals surface area contributed by atoms with E-state index < -0.39 is 0 Å². The minimum absolute atomic E-state index is 0.471. The third kappa shape index (κ3) is 4.23. The summed E-state index contributed by atoms with van der Waals surface area (Å²) >= 11 is 0. The van der Waals surface area contributed by atoms with Crippen LogP contribution in [0.5, 0.6) is 5.75 Å². The Morgan fingerprint density at radius 3 is 2.02 bits per heavy atom. The van der Waals surface area contributed by atoms with Gasteiger partial charge >= 0.3 is 7.69 Å². The highest BCUT2D eigenvalue weighted by Gasteiger charge is 2.21. The lowest BCUT2D eigenvalue weighted by molar-refractivity contribution is 0.451. The molecule has 0 bridgehead atoms. The average molecular weight is 629 g/mol. The molecule has 2 aromatic heterocycles. The Hall–Kier alpha value is -6.30. The van der Waals surface area contributed by atoms with Crippen LogP contribution in [0.2, 0.25) is 0 Å². The fourth-order valence-corrected chi connectivity index (χ4v) is 7.69. The van der Waals surface area contributed by atoms with Gasteiger partial charge in [0.2, 0.25) is 0 Å². The molecule has 0 unspecified atom stereocenters. The van der Waals surface area contributed by atoms with Gasteiger partial charge in [-0.25, -0.2) is 0 Å². The lowest BCUT2D eigenvalue weighted by Crippen LogP contribution is -1.99. The van der Waals surface area contributed by atoms with E-state index in [0.717, 1.165) is 43.8 Å². The summed E-state index contributed by atoms with van der Waals surface area (Å²) in [6, 6.07) is 55.6. The van der Waals surface area contributed by atoms with Crippen LogP contribution in [0.4, 0.5) is 0 Å². The number of hydrogen-bond acceptors (Lipinski definition) is 3. The van der Waals surface area contributed by atoms with E-state index in [2.05, 4.69) is 138 Å². The molecule has 4 nitrogen and oxygen atoms in total. The molecule has 0 saturated heterocycles. The number of nitrogens with zero attached hydrogens (tertiary/aromatic N) is 1. The number of aromatic nitrogens is 1. The molecule has 10 rings (SSSR count). The van der Waals surface area contributed by atoms with Crippen LogP contribution in [0.3, 0.4) is 0 Å². The van der Waals surface area contributed by atoms with Gasteiger partial charge in [0.05, 0.1) is 11.0 Å². The van der Waals surface area contributed by atoms with Crippen LogP contribution in [0.25, 0.3) is 93.2 Å². The molecule has 0 aliphatic carbocycles. The second-order valence-corrected chi connectivity index (χ2v) is 12.5. The molecule has 1 N–H and O–H groups in total. The van der Waals surface area contributed by atoms with Crippen LogP contribution < -0.4 is 4.65 Å². The van der Waals surface area contributed by atoms with Gasteiger partial charge in [0.25, 0.3) is 0 Å². The van der Waals surface area contributed by atoms with Gasteiger partial charge in [-0.2, -0.15) is 0 Å². The summed E-state index contributed by atoms with van der Waals surface area (Å²) < 4.78 is 14.4. The summed E-state index contributed by atoms with van der Waals surface area (Å²) in [6.07, 6.45) is 0. The highest BCUT2D eigenvalue weighted by Crippen LogP contribution is 2.45. The first-order chi connectivity index (χ1) is 24.3. The van der Waals surface area contributed by atoms with Crippen LogP contribution in [-0.4, -0.2) is 17.3 Å². The van der Waals surface area contributed by atoms with Crippen LogP contribution in [0, 0.1) is 0 Å². The summed E-state index contributed by atoms with van der Waals surface area (Å²) in [4.78, 5) is 0. The van der Waals surface area contributed by atoms with Gasteiger partial charge in [0.15, 0.2) is 5.58 Å². The van der Waals surface area contributed by atoms with Gasteiger partial charge in [0.1, 0.15) is 11.3 Å². The van der Waals surface area contributed by atoms with Crippen LogP contribution in [-0.2, 0) is 0 Å². The second-order valence-electron chi connectivity index (χ2n) is 12.5. The smallest absolute Gasteiger partial charge is 0.535 e. The maximum absolute atomic E-state index is 9.58. The Labute approximate surface area is 282 Å². The standard InChI is InChI=1S/C44H27BNO3/c47-45-49-41-24-30-15-7-8-16-32(30)43-37-25-31(20-22-40(37)48-44(41)43)46-38-21-19-29(27-11-3-1-4-12-27)23-36(38)42-34-18-10-9-17-33(34)35(26-39(42)46)28-13-5-2-6-14-28/h1-26,47H. The lowest BCUT2D eigenvalue weighted by Gasteiger charge is -2.12. The second kappa shape index (κ2) is 10.9. The summed E-state index contributed by atoms with van der Waals surface area (Å²) in [5.41, 5.74) is 9.38. The van der Waals surface area contributed by atoms with E-state index >= 15 is 0 Å². The van der Waals surface area contributed by atoms with Crippen molar-refractivity contribution in [1.82, 2.24) is 4.57 Å². The van der Waals surface area contributed by atoms with E-state index in [1.165, 1.54) is 43.8 Å². The van der Waals surface area contributed by atoms with E-state index in [4.69, 9.17) is 9.07 Å². The summed E-state index contributed by atoms with van der Waals surface area (Å²) in [5.74, 6) is 0.471. The molecule has 8 aromatic carbocycles. The van der Waals surface area contributed by atoms with E-state index in [-0.39, 0.29) is 0 Å². The molecule has 0 spiro atoms. The molecule has 10 aromatic rings. The average Bonchev–Trinajstić information content (AvgIpc) is 3.71. The number of fused-ring (bicyclic) bond motifs is 10. The minimum Gasteiger partial charge on any atom is -0.535 e. The molecule has 0 atom stereocenters. The van der Waals surface area contributed by atoms with Crippen LogP contribution >= 0.6 is 0 Å². The fraction of sp³-hybridized carbons (Fsp3) is 0. The lowest BCUT2D eigenvalue weighted by atomic mass is 9.94. The summed E-state index contributed by atoms with van der Waals surface area (Å²) in [7, 11) is 0.707. The van der Waals surface area contributed by atoms with Crippen molar-refractivity contribution in [2.45, 2.75) is 0 Å². The zero-order valence-corrected chi connectivity index (χ0v) is 26.3. The fourth-order valence-electron chi connectivity index (χ4n) is 7.69. The van der Waals surface area contributed by atoms with Crippen molar-refractivity contribution in [3.8, 4) is 33.7 Å². The molecule has 0 saturated carbocycles. The Morgan fingerprint density at radius 1 is 0.510 bits per heavy atom. The predicted octanol–water partition coefficient (Wildman–Crippen LogP) is 11.2. The predicted molar refractivity (Wildman–Crippen MR) is 203 cm³/mol. The Kier molecular flexibility index (Phi) is 6.17. The monoisotopic (exact) mass is 628 g/mol. The first kappa shape index (κ1) is 27.8. The van der Waals surface area contributed by atoms with Gasteiger partial charge in [-0.3, -0.25) is 0 Å². The maximum atomic E-state index is 9.58. The largest absolute Gasteiger partial charge is 0.569 e. The first-order valence-corrected chi connectivity index (χ1v) is 16.4. The van der Waals surface area contributed by atoms with E-state index in [0.29, 0.717) is 19.0 Å².